The summed E-state index contributed by atoms with van der Waals surface area (Å²) in [5.74, 6) is 0. The number of nitriles is 2. The topological polar surface area (TPSA) is 91.9 Å². The van der Waals surface area contributed by atoms with Crippen molar-refractivity contribution in [1.29, 1.82) is 10.5 Å². The van der Waals surface area contributed by atoms with E-state index in [4.69, 9.17) is 10.5 Å². The zero-order valence-corrected chi connectivity index (χ0v) is 11.7. The molecule has 2 N–H and O–H groups in total. The molecule has 0 aromatic heterocycles. The first-order chi connectivity index (χ1) is 10.2. The van der Waals surface area contributed by atoms with Gasteiger partial charge in [-0.05, 0) is 37.1 Å². The Morgan fingerprint density at radius 2 is 1.90 bits per heavy atom. The molecule has 0 saturated carbocycles. The molecule has 2 amide bonds. The Bertz CT molecular complexity index is 561. The molecule has 1 heterocycles. The van der Waals surface area contributed by atoms with E-state index in [9.17, 15) is 4.79 Å². The van der Waals surface area contributed by atoms with Gasteiger partial charge in [-0.3, -0.25) is 4.90 Å². The molecule has 0 unspecified atom stereocenters. The van der Waals surface area contributed by atoms with Crippen molar-refractivity contribution in [3.63, 3.8) is 0 Å². The van der Waals surface area contributed by atoms with Crippen LogP contribution < -0.4 is 10.6 Å². The molecule has 6 nitrogen and oxygen atoms in total. The summed E-state index contributed by atoms with van der Waals surface area (Å²) < 4.78 is 0. The second-order valence-electron chi connectivity index (χ2n) is 5.00. The number of amides is 2. The largest absolute Gasteiger partial charge is 0.335 e. The molecule has 1 fully saturated rings. The number of carbonyl (C=O) groups is 1. The number of rotatable bonds is 3. The number of carbonyl (C=O) groups excluding carboxylic acids is 1. The van der Waals surface area contributed by atoms with E-state index in [1.54, 1.807) is 24.3 Å². The van der Waals surface area contributed by atoms with Crippen molar-refractivity contribution in [2.24, 2.45) is 0 Å². The average molecular weight is 283 g/mol. The molecule has 0 aliphatic carbocycles. The quantitative estimate of drug-likeness (QED) is 0.825. The summed E-state index contributed by atoms with van der Waals surface area (Å²) in [6.45, 7) is 2.11. The third kappa shape index (κ3) is 4.48. The number of benzene rings is 1. The van der Waals surface area contributed by atoms with Crippen LogP contribution in [-0.4, -0.2) is 36.6 Å². The highest BCUT2D eigenvalue weighted by Crippen LogP contribution is 2.11. The smallest absolute Gasteiger partial charge is 0.319 e. The van der Waals surface area contributed by atoms with Gasteiger partial charge in [-0.25, -0.2) is 4.79 Å². The summed E-state index contributed by atoms with van der Waals surface area (Å²) in [6.07, 6.45) is 1.70. The Hall–Kier alpha value is -2.57. The third-order valence-electron chi connectivity index (χ3n) is 3.49. The standard InChI is InChI=1S/C15H17N5O/c16-7-10-20-8-5-14(6-9-20)19-15(21)18-13-3-1-12(11-17)2-4-13/h1-4,14H,5-6,8-10H2,(H2,18,19,21). The van der Waals surface area contributed by atoms with Crippen molar-refractivity contribution in [2.45, 2.75) is 18.9 Å². The fraction of sp³-hybridized carbons (Fsp3) is 0.400. The van der Waals surface area contributed by atoms with E-state index in [0.717, 1.165) is 25.9 Å². The van der Waals surface area contributed by atoms with Crippen LogP contribution in [-0.2, 0) is 0 Å². The van der Waals surface area contributed by atoms with E-state index in [-0.39, 0.29) is 12.1 Å². The molecule has 1 aromatic rings. The summed E-state index contributed by atoms with van der Waals surface area (Å²) in [7, 11) is 0. The summed E-state index contributed by atoms with van der Waals surface area (Å²) in [6, 6.07) is 10.8. The monoisotopic (exact) mass is 283 g/mol. The molecule has 108 valence electrons. The second-order valence-corrected chi connectivity index (χ2v) is 5.00. The first kappa shape index (κ1) is 14.8. The number of hydrogen-bond acceptors (Lipinski definition) is 4. The molecular formula is C15H17N5O. The van der Waals surface area contributed by atoms with E-state index in [1.807, 2.05) is 6.07 Å². The van der Waals surface area contributed by atoms with Crippen LogP contribution in [0.15, 0.2) is 24.3 Å². The first-order valence-corrected chi connectivity index (χ1v) is 6.88. The molecule has 21 heavy (non-hydrogen) atoms. The molecule has 1 aliphatic rings. The summed E-state index contributed by atoms with van der Waals surface area (Å²) in [5, 5.41) is 23.0. The van der Waals surface area contributed by atoms with E-state index in [2.05, 4.69) is 21.6 Å². The van der Waals surface area contributed by atoms with Crippen LogP contribution in [0.25, 0.3) is 0 Å². The van der Waals surface area contributed by atoms with Crippen LogP contribution in [0.2, 0.25) is 0 Å². The average Bonchev–Trinajstić information content (AvgIpc) is 2.50. The predicted octanol–water partition coefficient (Wildman–Crippen LogP) is 1.67. The van der Waals surface area contributed by atoms with E-state index >= 15 is 0 Å². The lowest BCUT2D eigenvalue weighted by atomic mass is 10.1. The van der Waals surface area contributed by atoms with Crippen LogP contribution in [0.4, 0.5) is 10.5 Å². The van der Waals surface area contributed by atoms with Crippen LogP contribution in [0.5, 0.6) is 0 Å². The second kappa shape index (κ2) is 7.28. The fourth-order valence-electron chi connectivity index (χ4n) is 2.32. The normalized spacial score (nSPS) is 15.7. The maximum atomic E-state index is 11.9. The van der Waals surface area contributed by atoms with Crippen molar-refractivity contribution in [3.05, 3.63) is 29.8 Å². The van der Waals surface area contributed by atoms with Gasteiger partial charge < -0.3 is 10.6 Å². The van der Waals surface area contributed by atoms with Gasteiger partial charge >= 0.3 is 6.03 Å². The van der Waals surface area contributed by atoms with Crippen molar-refractivity contribution < 1.29 is 4.79 Å². The number of nitrogens with zero attached hydrogens (tertiary/aromatic N) is 3. The first-order valence-electron chi connectivity index (χ1n) is 6.88. The molecule has 0 spiro atoms. The Morgan fingerprint density at radius 3 is 2.48 bits per heavy atom. The highest BCUT2D eigenvalue weighted by atomic mass is 16.2. The van der Waals surface area contributed by atoms with Gasteiger partial charge in [0.05, 0.1) is 24.2 Å². The number of piperidine rings is 1. The lowest BCUT2D eigenvalue weighted by molar-refractivity contribution is 0.211. The molecular weight excluding hydrogens is 266 g/mol. The minimum Gasteiger partial charge on any atom is -0.335 e. The molecule has 1 aliphatic heterocycles. The minimum absolute atomic E-state index is 0.137. The van der Waals surface area contributed by atoms with Gasteiger partial charge in [0.25, 0.3) is 0 Å². The molecule has 1 aromatic carbocycles. The molecule has 0 bridgehead atoms. The number of hydrogen-bond donors (Lipinski definition) is 2. The van der Waals surface area contributed by atoms with E-state index < -0.39 is 0 Å². The molecule has 1 saturated heterocycles. The number of anilines is 1. The number of urea groups is 1. The van der Waals surface area contributed by atoms with E-state index in [0.29, 0.717) is 17.8 Å². The Morgan fingerprint density at radius 1 is 1.24 bits per heavy atom. The van der Waals surface area contributed by atoms with Crippen LogP contribution in [0.1, 0.15) is 18.4 Å². The lowest BCUT2D eigenvalue weighted by Crippen LogP contribution is -2.46. The summed E-state index contributed by atoms with van der Waals surface area (Å²) in [4.78, 5) is 14.0. The minimum atomic E-state index is -0.238. The zero-order valence-electron chi connectivity index (χ0n) is 11.7. The van der Waals surface area contributed by atoms with Gasteiger partial charge in [-0.15, -0.1) is 0 Å². The van der Waals surface area contributed by atoms with Crippen LogP contribution in [0.3, 0.4) is 0 Å². The van der Waals surface area contributed by atoms with Crippen LogP contribution >= 0.6 is 0 Å². The predicted molar refractivity (Wildman–Crippen MR) is 78.4 cm³/mol. The summed E-state index contributed by atoms with van der Waals surface area (Å²) >= 11 is 0. The molecule has 0 atom stereocenters. The van der Waals surface area contributed by atoms with Gasteiger partial charge in [0.2, 0.25) is 0 Å². The maximum absolute atomic E-state index is 11.9. The Labute approximate surface area is 124 Å². The van der Waals surface area contributed by atoms with Crippen molar-refractivity contribution >= 4 is 11.7 Å². The molecule has 2 rings (SSSR count). The van der Waals surface area contributed by atoms with Gasteiger partial charge in [0.1, 0.15) is 0 Å². The van der Waals surface area contributed by atoms with Gasteiger partial charge in [-0.2, -0.15) is 10.5 Å². The van der Waals surface area contributed by atoms with E-state index in [1.165, 1.54) is 0 Å². The van der Waals surface area contributed by atoms with Gasteiger partial charge in [0, 0.05) is 24.8 Å². The number of likely N-dealkylation sites (tertiary alicyclic amines) is 1. The van der Waals surface area contributed by atoms with Gasteiger partial charge in [0.15, 0.2) is 0 Å². The number of nitrogens with one attached hydrogen (secondary N) is 2. The molecule has 6 heteroatoms. The van der Waals surface area contributed by atoms with Gasteiger partial charge in [-0.1, -0.05) is 0 Å². The lowest BCUT2D eigenvalue weighted by Gasteiger charge is -2.30. The van der Waals surface area contributed by atoms with Crippen molar-refractivity contribution in [1.82, 2.24) is 10.2 Å². The Kier molecular flexibility index (Phi) is 5.14. The maximum Gasteiger partial charge on any atom is 0.319 e. The third-order valence-corrected chi connectivity index (χ3v) is 3.49. The fourth-order valence-corrected chi connectivity index (χ4v) is 2.32. The molecule has 0 radical (unpaired) electrons. The zero-order chi connectivity index (χ0) is 15.1. The SMILES string of the molecule is N#CCN1CCC(NC(=O)Nc2ccc(C#N)cc2)CC1. The Balaban J connectivity index is 1.77. The van der Waals surface area contributed by atoms with Crippen molar-refractivity contribution in [2.75, 3.05) is 25.0 Å². The highest BCUT2D eigenvalue weighted by molar-refractivity contribution is 5.89. The summed E-state index contributed by atoms with van der Waals surface area (Å²) in [5.41, 5.74) is 1.22. The van der Waals surface area contributed by atoms with Crippen molar-refractivity contribution in [3.8, 4) is 12.1 Å². The highest BCUT2D eigenvalue weighted by Gasteiger charge is 2.20. The van der Waals surface area contributed by atoms with Crippen LogP contribution in [0, 0.1) is 22.7 Å².